The molecule has 3 nitrogen and oxygen atoms in total. The van der Waals surface area contributed by atoms with E-state index in [9.17, 15) is 0 Å². The van der Waals surface area contributed by atoms with E-state index >= 15 is 0 Å². The van der Waals surface area contributed by atoms with Crippen molar-refractivity contribution in [1.29, 1.82) is 0 Å². The maximum absolute atomic E-state index is 5.90. The van der Waals surface area contributed by atoms with E-state index in [4.69, 9.17) is 18.0 Å². The summed E-state index contributed by atoms with van der Waals surface area (Å²) in [6.45, 7) is 6.45. The third-order valence-corrected chi connectivity index (χ3v) is 4.43. The summed E-state index contributed by atoms with van der Waals surface area (Å²) in [6, 6.07) is 1.98. The number of aromatic nitrogens is 1. The lowest BCUT2D eigenvalue weighted by atomic mass is 9.96. The van der Waals surface area contributed by atoms with Gasteiger partial charge in [-0.15, -0.1) is 0 Å². The van der Waals surface area contributed by atoms with Gasteiger partial charge in [-0.25, -0.2) is 4.98 Å². The summed E-state index contributed by atoms with van der Waals surface area (Å²) in [5, 5.41) is 0. The Kier molecular flexibility index (Phi) is 5.35. The van der Waals surface area contributed by atoms with E-state index in [1.165, 1.54) is 32.1 Å². The van der Waals surface area contributed by atoms with Crippen molar-refractivity contribution >= 4 is 23.0 Å². The highest BCUT2D eigenvalue weighted by Gasteiger charge is 2.21. The predicted molar refractivity (Wildman–Crippen MR) is 89.3 cm³/mol. The van der Waals surface area contributed by atoms with Crippen molar-refractivity contribution in [3.05, 3.63) is 23.4 Å². The van der Waals surface area contributed by atoms with E-state index in [0.29, 0.717) is 4.99 Å². The minimum absolute atomic E-state index is 0.458. The van der Waals surface area contributed by atoms with Crippen molar-refractivity contribution in [1.82, 2.24) is 4.98 Å². The summed E-state index contributed by atoms with van der Waals surface area (Å²) in [4.78, 5) is 7.39. The normalized spacial score (nSPS) is 19.7. The number of rotatable bonds is 4. The molecule has 1 aromatic heterocycles. The molecule has 0 radical (unpaired) electrons. The summed E-state index contributed by atoms with van der Waals surface area (Å²) >= 11 is 5.22. The molecule has 1 saturated heterocycles. The van der Waals surface area contributed by atoms with Crippen LogP contribution in [0.15, 0.2) is 12.3 Å². The molecule has 1 aliphatic rings. The lowest BCUT2D eigenvalue weighted by molar-refractivity contribution is 0.435. The molecule has 1 atom stereocenters. The van der Waals surface area contributed by atoms with Crippen LogP contribution < -0.4 is 10.6 Å². The zero-order valence-corrected chi connectivity index (χ0v) is 13.4. The number of aryl methyl sites for hydroxylation is 1. The van der Waals surface area contributed by atoms with Gasteiger partial charge in [-0.1, -0.05) is 32.0 Å². The fraction of sp³-hybridized carbons (Fsp3) is 0.625. The second-order valence-electron chi connectivity index (χ2n) is 5.76. The summed E-state index contributed by atoms with van der Waals surface area (Å²) in [5.41, 5.74) is 7.98. The van der Waals surface area contributed by atoms with E-state index in [1.54, 1.807) is 0 Å². The third-order valence-electron chi connectivity index (χ3n) is 4.23. The Morgan fingerprint density at radius 1 is 1.45 bits per heavy atom. The Bertz CT molecular complexity index is 473. The molecule has 0 aromatic carbocycles. The molecule has 0 spiro atoms. The van der Waals surface area contributed by atoms with Crippen LogP contribution in [-0.4, -0.2) is 23.1 Å². The van der Waals surface area contributed by atoms with Gasteiger partial charge in [-0.2, -0.15) is 0 Å². The molecule has 2 heterocycles. The molecule has 110 valence electrons. The Labute approximate surface area is 127 Å². The fourth-order valence-corrected chi connectivity index (χ4v) is 3.41. The highest BCUT2D eigenvalue weighted by Crippen LogP contribution is 2.27. The molecule has 1 aliphatic heterocycles. The van der Waals surface area contributed by atoms with Crippen molar-refractivity contribution in [2.45, 2.75) is 46.0 Å². The molecular weight excluding hydrogens is 266 g/mol. The molecule has 4 heteroatoms. The largest absolute Gasteiger partial charge is 0.389 e. The van der Waals surface area contributed by atoms with Crippen molar-refractivity contribution in [2.75, 3.05) is 18.0 Å². The highest BCUT2D eigenvalue weighted by atomic mass is 32.1. The Balaban J connectivity index is 2.20. The van der Waals surface area contributed by atoms with Gasteiger partial charge in [0, 0.05) is 19.3 Å². The first kappa shape index (κ1) is 15.2. The van der Waals surface area contributed by atoms with Gasteiger partial charge >= 0.3 is 0 Å². The smallest absolute Gasteiger partial charge is 0.139 e. The molecule has 0 bridgehead atoms. The van der Waals surface area contributed by atoms with Crippen LogP contribution in [0.2, 0.25) is 0 Å². The van der Waals surface area contributed by atoms with Crippen LogP contribution >= 0.6 is 12.2 Å². The second-order valence-corrected chi connectivity index (χ2v) is 6.20. The first-order chi connectivity index (χ1) is 9.63. The van der Waals surface area contributed by atoms with E-state index < -0.39 is 0 Å². The summed E-state index contributed by atoms with van der Waals surface area (Å²) in [5.74, 6) is 1.85. The summed E-state index contributed by atoms with van der Waals surface area (Å²) < 4.78 is 0. The number of nitrogens with zero attached hydrogens (tertiary/aromatic N) is 2. The van der Waals surface area contributed by atoms with Gasteiger partial charge in [0.05, 0.1) is 5.56 Å². The van der Waals surface area contributed by atoms with Crippen LogP contribution in [0.4, 0.5) is 5.82 Å². The number of hydrogen-bond donors (Lipinski definition) is 1. The number of hydrogen-bond acceptors (Lipinski definition) is 3. The maximum Gasteiger partial charge on any atom is 0.139 e. The predicted octanol–water partition coefficient (Wildman–Crippen LogP) is 3.43. The molecule has 0 amide bonds. The molecule has 1 fully saturated rings. The second kappa shape index (κ2) is 7.02. The van der Waals surface area contributed by atoms with Gasteiger partial charge in [0.2, 0.25) is 0 Å². The van der Waals surface area contributed by atoms with Gasteiger partial charge in [0.15, 0.2) is 0 Å². The maximum atomic E-state index is 5.90. The SMILES string of the molecule is CCCC1CCCN(c2nccc(C)c2C(N)=S)CC1. The van der Waals surface area contributed by atoms with Gasteiger partial charge in [0.25, 0.3) is 0 Å². The summed E-state index contributed by atoms with van der Waals surface area (Å²) in [7, 11) is 0. The quantitative estimate of drug-likeness (QED) is 0.863. The molecular formula is C16H25N3S. The molecule has 2 rings (SSSR count). The van der Waals surface area contributed by atoms with Gasteiger partial charge in [-0.05, 0) is 43.7 Å². The average molecular weight is 291 g/mol. The molecule has 1 aromatic rings. The molecule has 0 saturated carbocycles. The Morgan fingerprint density at radius 3 is 2.95 bits per heavy atom. The minimum Gasteiger partial charge on any atom is -0.389 e. The number of thiocarbonyl (C=S) groups is 1. The number of nitrogens with two attached hydrogens (primary N) is 1. The monoisotopic (exact) mass is 291 g/mol. The molecule has 1 unspecified atom stereocenters. The first-order valence-electron chi connectivity index (χ1n) is 7.63. The minimum atomic E-state index is 0.458. The van der Waals surface area contributed by atoms with Gasteiger partial charge in [-0.3, -0.25) is 0 Å². The van der Waals surface area contributed by atoms with Crippen molar-refractivity contribution in [2.24, 2.45) is 11.7 Å². The Hall–Kier alpha value is -1.16. The van der Waals surface area contributed by atoms with Crippen LogP contribution in [0.25, 0.3) is 0 Å². The van der Waals surface area contributed by atoms with Crippen molar-refractivity contribution < 1.29 is 0 Å². The van der Waals surface area contributed by atoms with Crippen molar-refractivity contribution in [3.63, 3.8) is 0 Å². The number of pyridine rings is 1. The van der Waals surface area contributed by atoms with Crippen LogP contribution in [-0.2, 0) is 0 Å². The van der Waals surface area contributed by atoms with Crippen LogP contribution in [0.3, 0.4) is 0 Å². The molecule has 2 N–H and O–H groups in total. The van der Waals surface area contributed by atoms with Crippen LogP contribution in [0.1, 0.15) is 50.2 Å². The molecule has 0 aliphatic carbocycles. The highest BCUT2D eigenvalue weighted by molar-refractivity contribution is 7.80. The standard InChI is InChI=1S/C16H25N3S/c1-3-5-13-6-4-10-19(11-8-13)16-14(15(17)20)12(2)7-9-18-16/h7,9,13H,3-6,8,10-11H2,1-2H3,(H2,17,20). The van der Waals surface area contributed by atoms with Crippen molar-refractivity contribution in [3.8, 4) is 0 Å². The van der Waals surface area contributed by atoms with E-state index in [2.05, 4.69) is 23.7 Å². The molecule has 20 heavy (non-hydrogen) atoms. The topological polar surface area (TPSA) is 42.2 Å². The number of anilines is 1. The average Bonchev–Trinajstić information content (AvgIpc) is 2.64. The lowest BCUT2D eigenvalue weighted by Gasteiger charge is -2.25. The van der Waals surface area contributed by atoms with E-state index in [-0.39, 0.29) is 0 Å². The lowest BCUT2D eigenvalue weighted by Crippen LogP contribution is -2.29. The summed E-state index contributed by atoms with van der Waals surface area (Å²) in [6.07, 6.45) is 8.31. The van der Waals surface area contributed by atoms with Crippen LogP contribution in [0, 0.1) is 12.8 Å². The fourth-order valence-electron chi connectivity index (χ4n) is 3.16. The van der Waals surface area contributed by atoms with Crippen LogP contribution in [0.5, 0.6) is 0 Å². The Morgan fingerprint density at radius 2 is 2.25 bits per heavy atom. The van der Waals surface area contributed by atoms with E-state index in [0.717, 1.165) is 36.0 Å². The van der Waals surface area contributed by atoms with Gasteiger partial charge < -0.3 is 10.6 Å². The van der Waals surface area contributed by atoms with Gasteiger partial charge in [0.1, 0.15) is 10.8 Å². The van der Waals surface area contributed by atoms with E-state index in [1.807, 2.05) is 12.3 Å². The first-order valence-corrected chi connectivity index (χ1v) is 8.04. The zero-order chi connectivity index (χ0) is 14.5. The zero-order valence-electron chi connectivity index (χ0n) is 12.6. The third kappa shape index (κ3) is 3.48.